The van der Waals surface area contributed by atoms with E-state index in [0.29, 0.717) is 18.5 Å². The number of nitro groups is 1. The van der Waals surface area contributed by atoms with Gasteiger partial charge in [0.15, 0.2) is 0 Å². The first-order valence-electron chi connectivity index (χ1n) is 7.62. The van der Waals surface area contributed by atoms with Crippen LogP contribution in [0.4, 0.5) is 11.4 Å². The zero-order valence-corrected chi connectivity index (χ0v) is 13.8. The number of nitro benzene ring substituents is 1. The van der Waals surface area contributed by atoms with E-state index in [1.807, 2.05) is 0 Å². The van der Waals surface area contributed by atoms with Crippen molar-refractivity contribution in [2.24, 2.45) is 11.1 Å². The van der Waals surface area contributed by atoms with Crippen LogP contribution in [0, 0.1) is 16.0 Å². The SMILES string of the molecule is NS(=O)(=O)CC1CCN(c2ccc([N+](=O)[O-])c3cnccc23)CC1. The number of hydrogen-bond donors (Lipinski definition) is 1. The van der Waals surface area contributed by atoms with Gasteiger partial charge in [-0.3, -0.25) is 15.1 Å². The molecule has 3 rings (SSSR count). The summed E-state index contributed by atoms with van der Waals surface area (Å²) in [6.45, 7) is 1.38. The maximum absolute atomic E-state index is 11.2. The normalized spacial score (nSPS) is 16.5. The van der Waals surface area contributed by atoms with Crippen molar-refractivity contribution in [3.8, 4) is 0 Å². The molecule has 1 aromatic heterocycles. The first-order valence-corrected chi connectivity index (χ1v) is 9.33. The fourth-order valence-corrected chi connectivity index (χ4v) is 4.25. The molecule has 8 nitrogen and oxygen atoms in total. The average Bonchev–Trinajstić information content (AvgIpc) is 2.53. The largest absolute Gasteiger partial charge is 0.371 e. The molecule has 0 atom stereocenters. The van der Waals surface area contributed by atoms with Crippen molar-refractivity contribution < 1.29 is 13.3 Å². The number of sulfonamides is 1. The van der Waals surface area contributed by atoms with E-state index in [2.05, 4.69) is 9.88 Å². The van der Waals surface area contributed by atoms with E-state index >= 15 is 0 Å². The highest BCUT2D eigenvalue weighted by Crippen LogP contribution is 2.34. The smallest absolute Gasteiger partial charge is 0.278 e. The maximum Gasteiger partial charge on any atom is 0.278 e. The molecular formula is C15H18N4O4S. The van der Waals surface area contributed by atoms with Gasteiger partial charge in [0, 0.05) is 42.6 Å². The highest BCUT2D eigenvalue weighted by atomic mass is 32.2. The molecule has 1 aromatic carbocycles. The molecule has 0 radical (unpaired) electrons. The molecule has 0 saturated carbocycles. The quantitative estimate of drug-likeness (QED) is 0.661. The number of nitrogens with two attached hydrogens (primary N) is 1. The van der Waals surface area contributed by atoms with Gasteiger partial charge in [0.05, 0.1) is 16.1 Å². The minimum Gasteiger partial charge on any atom is -0.371 e. The molecule has 2 N–H and O–H groups in total. The molecule has 0 unspecified atom stereocenters. The molecule has 1 saturated heterocycles. The summed E-state index contributed by atoms with van der Waals surface area (Å²) in [4.78, 5) is 16.9. The first kappa shape index (κ1) is 16.6. The number of anilines is 1. The van der Waals surface area contributed by atoms with Gasteiger partial charge in [0.25, 0.3) is 5.69 Å². The van der Waals surface area contributed by atoms with Gasteiger partial charge in [-0.25, -0.2) is 13.6 Å². The third kappa shape index (κ3) is 3.46. The molecule has 9 heteroatoms. The molecule has 1 aliphatic heterocycles. The Bertz CT molecular complexity index is 876. The Morgan fingerprint density at radius 2 is 1.96 bits per heavy atom. The second kappa shape index (κ2) is 6.33. The minimum absolute atomic E-state index is 0.00572. The van der Waals surface area contributed by atoms with E-state index in [1.165, 1.54) is 12.3 Å². The summed E-state index contributed by atoms with van der Waals surface area (Å²) in [6.07, 6.45) is 4.56. The second-order valence-corrected chi connectivity index (χ2v) is 7.70. The van der Waals surface area contributed by atoms with Crippen LogP contribution in [0.15, 0.2) is 30.6 Å². The molecule has 0 spiro atoms. The van der Waals surface area contributed by atoms with Crippen LogP contribution in [0.25, 0.3) is 10.8 Å². The Kier molecular flexibility index (Phi) is 4.37. The lowest BCUT2D eigenvalue weighted by Crippen LogP contribution is -2.37. The van der Waals surface area contributed by atoms with Crippen molar-refractivity contribution in [2.45, 2.75) is 12.8 Å². The first-order chi connectivity index (χ1) is 11.3. The number of benzene rings is 1. The zero-order chi connectivity index (χ0) is 17.3. The highest BCUT2D eigenvalue weighted by Gasteiger charge is 2.25. The van der Waals surface area contributed by atoms with E-state index in [-0.39, 0.29) is 17.4 Å². The van der Waals surface area contributed by atoms with Crippen molar-refractivity contribution >= 4 is 32.2 Å². The van der Waals surface area contributed by atoms with E-state index in [4.69, 9.17) is 5.14 Å². The topological polar surface area (TPSA) is 119 Å². The summed E-state index contributed by atoms with van der Waals surface area (Å²) in [5, 5.41) is 17.6. The van der Waals surface area contributed by atoms with Gasteiger partial charge in [-0.1, -0.05) is 0 Å². The Hall–Kier alpha value is -2.26. The summed E-state index contributed by atoms with van der Waals surface area (Å²) in [5.41, 5.74) is 0.943. The van der Waals surface area contributed by atoms with Gasteiger partial charge < -0.3 is 4.90 Å². The van der Waals surface area contributed by atoms with Gasteiger partial charge in [0.2, 0.25) is 10.0 Å². The van der Waals surface area contributed by atoms with Gasteiger partial charge >= 0.3 is 0 Å². The maximum atomic E-state index is 11.2. The number of non-ortho nitro benzene ring substituents is 1. The van der Waals surface area contributed by atoms with Gasteiger partial charge in [-0.05, 0) is 30.9 Å². The number of nitrogens with zero attached hydrogens (tertiary/aromatic N) is 3. The molecule has 0 aliphatic carbocycles. The Morgan fingerprint density at radius 3 is 2.58 bits per heavy atom. The third-order valence-electron chi connectivity index (χ3n) is 4.39. The standard InChI is InChI=1S/C15H18N4O4S/c16-24(22,23)10-11-4-7-18(8-5-11)14-1-2-15(19(20)21)13-9-17-6-3-12(13)14/h1-3,6,9,11H,4-5,7-8,10H2,(H2,16,22,23). The molecule has 1 fully saturated rings. The van der Waals surface area contributed by atoms with Crippen molar-refractivity contribution in [1.29, 1.82) is 0 Å². The fraction of sp³-hybridized carbons (Fsp3) is 0.400. The molecule has 2 aromatic rings. The van der Waals surface area contributed by atoms with E-state index in [1.54, 1.807) is 18.3 Å². The Labute approximate surface area is 139 Å². The predicted octanol–water partition coefficient (Wildman–Crippen LogP) is 1.65. The molecular weight excluding hydrogens is 332 g/mol. The van der Waals surface area contributed by atoms with Crippen molar-refractivity contribution in [2.75, 3.05) is 23.7 Å². The van der Waals surface area contributed by atoms with E-state index in [0.717, 1.165) is 23.9 Å². The number of piperidine rings is 1. The lowest BCUT2D eigenvalue weighted by atomic mass is 9.97. The Morgan fingerprint density at radius 1 is 1.25 bits per heavy atom. The van der Waals surface area contributed by atoms with Gasteiger partial charge in [0.1, 0.15) is 0 Å². The van der Waals surface area contributed by atoms with Crippen LogP contribution in [0.3, 0.4) is 0 Å². The summed E-state index contributed by atoms with van der Waals surface area (Å²) >= 11 is 0. The van der Waals surface area contributed by atoms with Crippen molar-refractivity contribution in [3.63, 3.8) is 0 Å². The number of aromatic nitrogens is 1. The fourth-order valence-electron chi connectivity index (χ4n) is 3.26. The van der Waals surface area contributed by atoms with Crippen LogP contribution in [-0.2, 0) is 10.0 Å². The number of pyridine rings is 1. The summed E-state index contributed by atoms with van der Waals surface area (Å²) in [6, 6.07) is 5.02. The molecule has 2 heterocycles. The molecule has 0 amide bonds. The van der Waals surface area contributed by atoms with Gasteiger partial charge in [-0.15, -0.1) is 0 Å². The lowest BCUT2D eigenvalue weighted by Gasteiger charge is -2.33. The molecule has 0 bridgehead atoms. The van der Waals surface area contributed by atoms with Crippen LogP contribution < -0.4 is 10.0 Å². The summed E-state index contributed by atoms with van der Waals surface area (Å²) in [7, 11) is -3.46. The molecule has 1 aliphatic rings. The van der Waals surface area contributed by atoms with E-state index in [9.17, 15) is 18.5 Å². The van der Waals surface area contributed by atoms with Crippen molar-refractivity contribution in [3.05, 3.63) is 40.7 Å². The third-order valence-corrected chi connectivity index (χ3v) is 5.33. The summed E-state index contributed by atoms with van der Waals surface area (Å²) < 4.78 is 22.4. The zero-order valence-electron chi connectivity index (χ0n) is 13.0. The predicted molar refractivity (Wildman–Crippen MR) is 91.3 cm³/mol. The Balaban J connectivity index is 1.87. The number of fused-ring (bicyclic) bond motifs is 1. The summed E-state index contributed by atoms with van der Waals surface area (Å²) in [5.74, 6) is 0.0633. The van der Waals surface area contributed by atoms with Gasteiger partial charge in [-0.2, -0.15) is 0 Å². The number of rotatable bonds is 4. The van der Waals surface area contributed by atoms with Crippen LogP contribution in [-0.4, -0.2) is 37.2 Å². The van der Waals surface area contributed by atoms with E-state index < -0.39 is 14.9 Å². The molecule has 24 heavy (non-hydrogen) atoms. The van der Waals surface area contributed by atoms with Crippen LogP contribution in [0.5, 0.6) is 0 Å². The lowest BCUT2D eigenvalue weighted by molar-refractivity contribution is -0.383. The van der Waals surface area contributed by atoms with Crippen LogP contribution >= 0.6 is 0 Å². The number of primary sulfonamides is 1. The van der Waals surface area contributed by atoms with Crippen LogP contribution in [0.1, 0.15) is 12.8 Å². The number of hydrogen-bond acceptors (Lipinski definition) is 6. The minimum atomic E-state index is -3.46. The highest BCUT2D eigenvalue weighted by molar-refractivity contribution is 7.89. The molecule has 128 valence electrons. The van der Waals surface area contributed by atoms with Crippen LogP contribution in [0.2, 0.25) is 0 Å². The van der Waals surface area contributed by atoms with Crippen molar-refractivity contribution in [1.82, 2.24) is 4.98 Å². The second-order valence-electron chi connectivity index (χ2n) is 6.04. The average molecular weight is 350 g/mol. The monoisotopic (exact) mass is 350 g/mol.